The van der Waals surface area contributed by atoms with Gasteiger partial charge < -0.3 is 4.57 Å². The van der Waals surface area contributed by atoms with Gasteiger partial charge in [0.05, 0.1) is 0 Å². The maximum atomic E-state index is 12.7. The van der Waals surface area contributed by atoms with Crippen molar-refractivity contribution in [1.29, 1.82) is 0 Å². The number of aromatic nitrogens is 1. The highest BCUT2D eigenvalue weighted by atomic mass is 19.4. The normalized spacial score (nSPS) is 12.3. The van der Waals surface area contributed by atoms with Crippen LogP contribution in [0.5, 0.6) is 0 Å². The van der Waals surface area contributed by atoms with Crippen LogP contribution in [0.2, 0.25) is 0 Å². The molecule has 1 heterocycles. The molecule has 0 amide bonds. The Morgan fingerprint density at radius 2 is 1.87 bits per heavy atom. The van der Waals surface area contributed by atoms with Crippen molar-refractivity contribution >= 4 is 10.9 Å². The SMILES string of the molecule is CCn1c(C(F)(F)F)cc2ccccc21. The summed E-state index contributed by atoms with van der Waals surface area (Å²) in [6, 6.07) is 8.07. The van der Waals surface area contributed by atoms with Gasteiger partial charge in [-0.3, -0.25) is 0 Å². The van der Waals surface area contributed by atoms with Crippen LogP contribution in [0.4, 0.5) is 13.2 Å². The molecular formula is C11H10F3N. The van der Waals surface area contributed by atoms with Gasteiger partial charge in [-0.1, -0.05) is 18.2 Å². The quantitative estimate of drug-likeness (QED) is 0.681. The second-order valence-electron chi connectivity index (χ2n) is 3.33. The van der Waals surface area contributed by atoms with E-state index in [4.69, 9.17) is 0 Å². The smallest absolute Gasteiger partial charge is 0.337 e. The molecule has 80 valence electrons. The first-order valence-electron chi connectivity index (χ1n) is 4.69. The highest BCUT2D eigenvalue weighted by Gasteiger charge is 2.34. The van der Waals surface area contributed by atoms with Crippen molar-refractivity contribution in [1.82, 2.24) is 4.57 Å². The summed E-state index contributed by atoms with van der Waals surface area (Å²) in [6.07, 6.45) is -4.28. The highest BCUT2D eigenvalue weighted by molar-refractivity contribution is 5.81. The van der Waals surface area contributed by atoms with E-state index >= 15 is 0 Å². The van der Waals surface area contributed by atoms with Crippen LogP contribution < -0.4 is 0 Å². The fourth-order valence-corrected chi connectivity index (χ4v) is 1.79. The minimum absolute atomic E-state index is 0.322. The third-order valence-corrected chi connectivity index (χ3v) is 2.42. The van der Waals surface area contributed by atoms with Crippen molar-refractivity contribution in [3.8, 4) is 0 Å². The first kappa shape index (κ1) is 10.1. The largest absolute Gasteiger partial charge is 0.431 e. The number of alkyl halides is 3. The predicted molar refractivity (Wildman–Crippen MR) is 52.6 cm³/mol. The van der Waals surface area contributed by atoms with Crippen molar-refractivity contribution in [3.63, 3.8) is 0 Å². The third-order valence-electron chi connectivity index (χ3n) is 2.42. The Morgan fingerprint density at radius 1 is 1.20 bits per heavy atom. The first-order chi connectivity index (χ1) is 7.04. The zero-order valence-corrected chi connectivity index (χ0v) is 8.17. The number of benzene rings is 1. The lowest BCUT2D eigenvalue weighted by atomic mass is 10.2. The Morgan fingerprint density at radius 3 is 2.47 bits per heavy atom. The first-order valence-corrected chi connectivity index (χ1v) is 4.69. The third kappa shape index (κ3) is 1.60. The van der Waals surface area contributed by atoms with Crippen molar-refractivity contribution < 1.29 is 13.2 Å². The van der Waals surface area contributed by atoms with Crippen LogP contribution in [-0.2, 0) is 12.7 Å². The van der Waals surface area contributed by atoms with Crippen LogP contribution in [0.25, 0.3) is 10.9 Å². The van der Waals surface area contributed by atoms with Crippen molar-refractivity contribution in [2.45, 2.75) is 19.6 Å². The number of fused-ring (bicyclic) bond motifs is 1. The van der Waals surface area contributed by atoms with Gasteiger partial charge >= 0.3 is 6.18 Å². The summed E-state index contributed by atoms with van der Waals surface area (Å²) in [5, 5.41) is 0.631. The monoisotopic (exact) mass is 213 g/mol. The summed E-state index contributed by atoms with van der Waals surface area (Å²) in [6.45, 7) is 2.03. The summed E-state index contributed by atoms with van der Waals surface area (Å²) in [5.74, 6) is 0. The molecule has 15 heavy (non-hydrogen) atoms. The van der Waals surface area contributed by atoms with E-state index in [9.17, 15) is 13.2 Å². The van der Waals surface area contributed by atoms with E-state index < -0.39 is 11.9 Å². The lowest BCUT2D eigenvalue weighted by Gasteiger charge is -2.10. The molecule has 0 spiro atoms. The fraction of sp³-hybridized carbons (Fsp3) is 0.273. The molecule has 1 nitrogen and oxygen atoms in total. The van der Waals surface area contributed by atoms with Crippen LogP contribution >= 0.6 is 0 Å². The molecule has 0 fully saturated rings. The van der Waals surface area contributed by atoms with Crippen LogP contribution in [0.15, 0.2) is 30.3 Å². The summed E-state index contributed by atoms with van der Waals surface area (Å²) in [4.78, 5) is 0. The molecule has 1 aromatic carbocycles. The minimum atomic E-state index is -4.28. The Hall–Kier alpha value is -1.45. The number of para-hydroxylation sites is 1. The lowest BCUT2D eigenvalue weighted by molar-refractivity contribution is -0.143. The molecular weight excluding hydrogens is 203 g/mol. The molecule has 0 saturated carbocycles. The average molecular weight is 213 g/mol. The van der Waals surface area contributed by atoms with Crippen molar-refractivity contribution in [3.05, 3.63) is 36.0 Å². The molecule has 0 aliphatic carbocycles. The molecule has 0 saturated heterocycles. The standard InChI is InChI=1S/C11H10F3N/c1-2-15-9-6-4-3-5-8(9)7-10(15)11(12,13)14/h3-7H,2H2,1H3. The van der Waals surface area contributed by atoms with Gasteiger partial charge in [0.1, 0.15) is 5.69 Å². The van der Waals surface area contributed by atoms with Gasteiger partial charge in [0.25, 0.3) is 0 Å². The number of hydrogen-bond acceptors (Lipinski definition) is 0. The topological polar surface area (TPSA) is 4.93 Å². The van der Waals surface area contributed by atoms with Crippen molar-refractivity contribution in [2.24, 2.45) is 0 Å². The maximum Gasteiger partial charge on any atom is 0.431 e. The van der Waals surface area contributed by atoms with Crippen LogP contribution in [0.1, 0.15) is 12.6 Å². The van der Waals surface area contributed by atoms with E-state index in [0.717, 1.165) is 0 Å². The second-order valence-corrected chi connectivity index (χ2v) is 3.33. The summed E-state index contributed by atoms with van der Waals surface area (Å²) in [7, 11) is 0. The van der Waals surface area contributed by atoms with Gasteiger partial charge in [-0.2, -0.15) is 13.2 Å². The van der Waals surface area contributed by atoms with Gasteiger partial charge in [0.2, 0.25) is 0 Å². The van der Waals surface area contributed by atoms with Crippen molar-refractivity contribution in [2.75, 3.05) is 0 Å². The molecule has 1 aromatic heterocycles. The average Bonchev–Trinajstić information content (AvgIpc) is 2.55. The van der Waals surface area contributed by atoms with Gasteiger partial charge in [0.15, 0.2) is 0 Å². The van der Waals surface area contributed by atoms with E-state index in [0.29, 0.717) is 17.4 Å². The maximum absolute atomic E-state index is 12.7. The summed E-state index contributed by atoms with van der Waals surface area (Å²) < 4.78 is 39.2. The Labute approximate surface area is 85.1 Å². The van der Waals surface area contributed by atoms with Crippen LogP contribution in [0, 0.1) is 0 Å². The molecule has 0 N–H and O–H groups in total. The van der Waals surface area contributed by atoms with E-state index in [2.05, 4.69) is 0 Å². The molecule has 0 unspecified atom stereocenters. The second kappa shape index (κ2) is 3.29. The van der Waals surface area contributed by atoms with Gasteiger partial charge in [0, 0.05) is 17.4 Å². The fourth-order valence-electron chi connectivity index (χ4n) is 1.79. The molecule has 4 heteroatoms. The van der Waals surface area contributed by atoms with Gasteiger partial charge in [-0.15, -0.1) is 0 Å². The Bertz CT molecular complexity index is 482. The van der Waals surface area contributed by atoms with Gasteiger partial charge in [-0.05, 0) is 19.1 Å². The molecule has 0 aliphatic rings. The molecule has 0 atom stereocenters. The van der Waals surface area contributed by atoms with Crippen LogP contribution in [-0.4, -0.2) is 4.57 Å². The molecule has 2 rings (SSSR count). The zero-order chi connectivity index (χ0) is 11.1. The molecule has 0 bridgehead atoms. The van der Waals surface area contributed by atoms with E-state index in [1.165, 1.54) is 10.6 Å². The summed E-state index contributed by atoms with van der Waals surface area (Å²) in [5.41, 5.74) is 0.0542. The van der Waals surface area contributed by atoms with E-state index in [-0.39, 0.29) is 0 Å². The molecule has 0 aliphatic heterocycles. The number of aryl methyl sites for hydroxylation is 1. The number of nitrogens with zero attached hydrogens (tertiary/aromatic N) is 1. The van der Waals surface area contributed by atoms with E-state index in [1.807, 2.05) is 0 Å². The van der Waals surface area contributed by atoms with Crippen LogP contribution in [0.3, 0.4) is 0 Å². The molecule has 0 radical (unpaired) electrons. The van der Waals surface area contributed by atoms with E-state index in [1.54, 1.807) is 31.2 Å². The zero-order valence-electron chi connectivity index (χ0n) is 8.17. The van der Waals surface area contributed by atoms with Gasteiger partial charge in [-0.25, -0.2) is 0 Å². The highest BCUT2D eigenvalue weighted by Crippen LogP contribution is 2.33. The Kier molecular flexibility index (Phi) is 2.21. The number of hydrogen-bond donors (Lipinski definition) is 0. The molecule has 2 aromatic rings. The minimum Gasteiger partial charge on any atom is -0.337 e. The Balaban J connectivity index is 2.75. The predicted octanol–water partition coefficient (Wildman–Crippen LogP) is 3.68. The number of halogens is 3. The number of rotatable bonds is 1. The summed E-state index contributed by atoms with van der Waals surface area (Å²) >= 11 is 0. The lowest BCUT2D eigenvalue weighted by Crippen LogP contribution is -2.12.